The third kappa shape index (κ3) is 3.09. The van der Waals surface area contributed by atoms with E-state index in [-0.39, 0.29) is 0 Å². The molecule has 4 rings (SSSR count). The van der Waals surface area contributed by atoms with Crippen LogP contribution in [-0.2, 0) is 4.74 Å². The van der Waals surface area contributed by atoms with Crippen molar-refractivity contribution in [3.8, 4) is 5.69 Å². The zero-order valence-electron chi connectivity index (χ0n) is 14.2. The van der Waals surface area contributed by atoms with Crippen molar-refractivity contribution in [3.05, 3.63) is 30.3 Å². The molecule has 1 fully saturated rings. The van der Waals surface area contributed by atoms with Crippen molar-refractivity contribution in [2.24, 2.45) is 0 Å². The maximum atomic E-state index is 5.50. The van der Waals surface area contributed by atoms with Crippen LogP contribution in [0.15, 0.2) is 40.5 Å². The highest BCUT2D eigenvalue weighted by Crippen LogP contribution is 2.35. The highest BCUT2D eigenvalue weighted by molar-refractivity contribution is 7.98. The molecule has 8 heteroatoms. The SMILES string of the molecule is CSc1nc(N2CCOCC2)c2c(SC)nn(-c3ccccc3)c2n1. The number of aromatic nitrogens is 4. The minimum Gasteiger partial charge on any atom is -0.378 e. The Labute approximate surface area is 155 Å². The minimum absolute atomic E-state index is 0.724. The van der Waals surface area contributed by atoms with E-state index in [0.717, 1.165) is 59.0 Å². The lowest BCUT2D eigenvalue weighted by Gasteiger charge is -2.28. The van der Waals surface area contributed by atoms with Gasteiger partial charge in [-0.1, -0.05) is 30.0 Å². The summed E-state index contributed by atoms with van der Waals surface area (Å²) in [6, 6.07) is 10.1. The predicted molar refractivity (Wildman–Crippen MR) is 103 cm³/mol. The molecular formula is C17H19N5OS2. The lowest BCUT2D eigenvalue weighted by molar-refractivity contribution is 0.122. The van der Waals surface area contributed by atoms with Crippen LogP contribution in [-0.4, -0.2) is 58.6 Å². The Bertz CT molecular complexity index is 878. The number of ether oxygens (including phenoxy) is 1. The Hall–Kier alpha value is -1.77. The van der Waals surface area contributed by atoms with Crippen molar-refractivity contribution in [1.82, 2.24) is 19.7 Å². The van der Waals surface area contributed by atoms with Gasteiger partial charge in [0, 0.05) is 13.1 Å². The number of fused-ring (bicyclic) bond motifs is 1. The molecule has 1 saturated heterocycles. The van der Waals surface area contributed by atoms with Crippen molar-refractivity contribution >= 4 is 40.4 Å². The number of hydrogen-bond acceptors (Lipinski definition) is 7. The summed E-state index contributed by atoms with van der Waals surface area (Å²) in [6.45, 7) is 3.12. The molecule has 25 heavy (non-hydrogen) atoms. The highest BCUT2D eigenvalue weighted by Gasteiger charge is 2.23. The van der Waals surface area contributed by atoms with E-state index in [4.69, 9.17) is 19.8 Å². The fraction of sp³-hybridized carbons (Fsp3) is 0.353. The van der Waals surface area contributed by atoms with Crippen LogP contribution in [0.4, 0.5) is 5.82 Å². The monoisotopic (exact) mass is 373 g/mol. The van der Waals surface area contributed by atoms with Crippen LogP contribution in [0.1, 0.15) is 0 Å². The van der Waals surface area contributed by atoms with Gasteiger partial charge in [0.15, 0.2) is 10.8 Å². The summed E-state index contributed by atoms with van der Waals surface area (Å²) in [5.41, 5.74) is 1.86. The number of anilines is 1. The van der Waals surface area contributed by atoms with Crippen LogP contribution < -0.4 is 4.90 Å². The first-order chi connectivity index (χ1) is 12.3. The van der Waals surface area contributed by atoms with Crippen LogP contribution in [0.25, 0.3) is 16.7 Å². The lowest BCUT2D eigenvalue weighted by Crippen LogP contribution is -2.37. The smallest absolute Gasteiger partial charge is 0.191 e. The first-order valence-electron chi connectivity index (χ1n) is 8.08. The van der Waals surface area contributed by atoms with E-state index >= 15 is 0 Å². The fourth-order valence-corrected chi connectivity index (χ4v) is 3.84. The second-order valence-corrected chi connectivity index (χ2v) is 7.16. The summed E-state index contributed by atoms with van der Waals surface area (Å²) >= 11 is 3.18. The van der Waals surface area contributed by atoms with Gasteiger partial charge in [-0.25, -0.2) is 14.6 Å². The molecular weight excluding hydrogens is 354 g/mol. The van der Waals surface area contributed by atoms with Crippen molar-refractivity contribution in [2.45, 2.75) is 10.2 Å². The number of hydrogen-bond donors (Lipinski definition) is 0. The number of morpholine rings is 1. The molecule has 0 saturated carbocycles. The van der Waals surface area contributed by atoms with Gasteiger partial charge in [0.05, 0.1) is 24.3 Å². The quantitative estimate of drug-likeness (QED) is 0.514. The van der Waals surface area contributed by atoms with Gasteiger partial charge in [-0.3, -0.25) is 0 Å². The van der Waals surface area contributed by atoms with Gasteiger partial charge < -0.3 is 9.64 Å². The number of rotatable bonds is 4. The number of thioether (sulfide) groups is 2. The van der Waals surface area contributed by atoms with Crippen molar-refractivity contribution in [2.75, 3.05) is 43.7 Å². The van der Waals surface area contributed by atoms with Crippen molar-refractivity contribution in [1.29, 1.82) is 0 Å². The van der Waals surface area contributed by atoms with Crippen LogP contribution in [0, 0.1) is 0 Å². The van der Waals surface area contributed by atoms with E-state index in [0.29, 0.717) is 0 Å². The zero-order chi connectivity index (χ0) is 17.2. The molecule has 0 radical (unpaired) electrons. The van der Waals surface area contributed by atoms with Gasteiger partial charge in [-0.15, -0.1) is 11.8 Å². The van der Waals surface area contributed by atoms with E-state index in [1.165, 1.54) is 0 Å². The molecule has 0 spiro atoms. The van der Waals surface area contributed by atoms with E-state index in [1.54, 1.807) is 23.5 Å². The molecule has 0 unspecified atom stereocenters. The third-order valence-electron chi connectivity index (χ3n) is 4.14. The summed E-state index contributed by atoms with van der Waals surface area (Å²) in [4.78, 5) is 11.9. The second-order valence-electron chi connectivity index (χ2n) is 5.59. The van der Waals surface area contributed by atoms with Crippen LogP contribution in [0.5, 0.6) is 0 Å². The predicted octanol–water partition coefficient (Wildman–Crippen LogP) is 3.10. The Morgan fingerprint density at radius 1 is 1.00 bits per heavy atom. The van der Waals surface area contributed by atoms with Crippen molar-refractivity contribution in [3.63, 3.8) is 0 Å². The fourth-order valence-electron chi connectivity index (χ4n) is 2.94. The summed E-state index contributed by atoms with van der Waals surface area (Å²) in [5, 5.41) is 7.56. The van der Waals surface area contributed by atoms with Gasteiger partial charge in [0.25, 0.3) is 0 Å². The molecule has 3 heterocycles. The van der Waals surface area contributed by atoms with Gasteiger partial charge in [0.2, 0.25) is 0 Å². The first-order valence-corrected chi connectivity index (χ1v) is 10.5. The van der Waals surface area contributed by atoms with Gasteiger partial charge in [-0.05, 0) is 24.6 Å². The molecule has 0 amide bonds. The van der Waals surface area contributed by atoms with Gasteiger partial charge >= 0.3 is 0 Å². The molecule has 0 aliphatic carbocycles. The van der Waals surface area contributed by atoms with E-state index in [1.807, 2.05) is 47.5 Å². The number of benzene rings is 1. The van der Waals surface area contributed by atoms with Crippen LogP contribution >= 0.6 is 23.5 Å². The maximum Gasteiger partial charge on any atom is 0.191 e. The molecule has 2 aromatic heterocycles. The Morgan fingerprint density at radius 2 is 1.76 bits per heavy atom. The van der Waals surface area contributed by atoms with Gasteiger partial charge in [0.1, 0.15) is 10.8 Å². The molecule has 3 aromatic rings. The first kappa shape index (κ1) is 16.7. The third-order valence-corrected chi connectivity index (χ3v) is 5.36. The molecule has 1 aromatic carbocycles. The summed E-state index contributed by atoms with van der Waals surface area (Å²) in [7, 11) is 0. The Kier molecular flexibility index (Phi) is 4.82. The van der Waals surface area contributed by atoms with E-state index in [2.05, 4.69) is 4.90 Å². The number of para-hydroxylation sites is 1. The summed E-state index contributed by atoms with van der Waals surface area (Å²) < 4.78 is 7.43. The van der Waals surface area contributed by atoms with Gasteiger partial charge in [-0.2, -0.15) is 5.10 Å². The molecule has 0 bridgehead atoms. The Morgan fingerprint density at radius 3 is 2.44 bits per heavy atom. The molecule has 1 aliphatic rings. The average molecular weight is 374 g/mol. The largest absolute Gasteiger partial charge is 0.378 e. The van der Waals surface area contributed by atoms with Crippen LogP contribution in [0.2, 0.25) is 0 Å². The molecule has 0 atom stereocenters. The standard InChI is InChI=1S/C17H19N5OS2/c1-24-16-13-14(21-8-10-23-11-9-21)18-17(25-2)19-15(13)22(20-16)12-6-4-3-5-7-12/h3-7H,8-11H2,1-2H3. The highest BCUT2D eigenvalue weighted by atomic mass is 32.2. The summed E-state index contributed by atoms with van der Waals surface area (Å²) in [5.74, 6) is 0.962. The summed E-state index contributed by atoms with van der Waals surface area (Å²) in [6.07, 6.45) is 4.05. The van der Waals surface area contributed by atoms with Crippen LogP contribution in [0.3, 0.4) is 0 Å². The van der Waals surface area contributed by atoms with E-state index in [9.17, 15) is 0 Å². The van der Waals surface area contributed by atoms with E-state index < -0.39 is 0 Å². The lowest BCUT2D eigenvalue weighted by atomic mass is 10.3. The molecule has 0 N–H and O–H groups in total. The topological polar surface area (TPSA) is 56.1 Å². The second kappa shape index (κ2) is 7.23. The molecule has 6 nitrogen and oxygen atoms in total. The minimum atomic E-state index is 0.724. The molecule has 130 valence electrons. The maximum absolute atomic E-state index is 5.50. The average Bonchev–Trinajstić information content (AvgIpc) is 3.07. The number of nitrogens with zero attached hydrogens (tertiary/aromatic N) is 5. The Balaban J connectivity index is 1.97. The zero-order valence-corrected chi connectivity index (χ0v) is 15.8. The normalized spacial score (nSPS) is 15.0. The van der Waals surface area contributed by atoms with Crippen molar-refractivity contribution < 1.29 is 4.74 Å². The molecule has 1 aliphatic heterocycles.